The summed E-state index contributed by atoms with van der Waals surface area (Å²) in [6.45, 7) is 5.84. The molecule has 0 fully saturated rings. The highest BCUT2D eigenvalue weighted by molar-refractivity contribution is 8.00. The number of benzene rings is 2. The summed E-state index contributed by atoms with van der Waals surface area (Å²) in [7, 11) is 0. The number of anilines is 1. The normalized spacial score (nSPS) is 12.0. The number of aromatic nitrogens is 3. The standard InChI is InChI=1S/C19H21N5OS/c1-12-4-8-15(9-5-12)17-22-23-19(24(17)20)26-14(3)18(25)21-16-10-6-13(2)7-11-16/h4-11,14H,20H2,1-3H3,(H,21,25)/t14-/m0/s1. The minimum atomic E-state index is -0.367. The molecule has 0 saturated carbocycles. The quantitative estimate of drug-likeness (QED) is 0.533. The molecule has 0 spiro atoms. The van der Waals surface area contributed by atoms with Gasteiger partial charge in [0.15, 0.2) is 5.82 Å². The summed E-state index contributed by atoms with van der Waals surface area (Å²) in [5.41, 5.74) is 3.95. The molecule has 1 aromatic heterocycles. The highest BCUT2D eigenvalue weighted by Gasteiger charge is 2.20. The minimum Gasteiger partial charge on any atom is -0.335 e. The molecule has 3 aromatic rings. The molecule has 3 rings (SSSR count). The second kappa shape index (κ2) is 7.61. The molecule has 0 aliphatic carbocycles. The van der Waals surface area contributed by atoms with E-state index in [1.807, 2.05) is 69.3 Å². The highest BCUT2D eigenvalue weighted by Crippen LogP contribution is 2.25. The van der Waals surface area contributed by atoms with Crippen LogP contribution in [0.25, 0.3) is 11.4 Å². The van der Waals surface area contributed by atoms with Crippen LogP contribution in [0.15, 0.2) is 53.7 Å². The van der Waals surface area contributed by atoms with Gasteiger partial charge in [0.05, 0.1) is 5.25 Å². The number of nitrogens with zero attached hydrogens (tertiary/aromatic N) is 3. The molecule has 0 radical (unpaired) electrons. The monoisotopic (exact) mass is 367 g/mol. The molecule has 7 heteroatoms. The zero-order chi connectivity index (χ0) is 18.7. The molecule has 0 aliphatic rings. The Bertz CT molecular complexity index is 903. The molecular formula is C19H21N5OS. The van der Waals surface area contributed by atoms with Gasteiger partial charge in [-0.25, -0.2) is 4.68 Å². The lowest BCUT2D eigenvalue weighted by molar-refractivity contribution is -0.115. The van der Waals surface area contributed by atoms with Crippen LogP contribution in [0, 0.1) is 13.8 Å². The van der Waals surface area contributed by atoms with Crippen molar-refractivity contribution in [3.8, 4) is 11.4 Å². The van der Waals surface area contributed by atoms with Crippen LogP contribution in [0.1, 0.15) is 18.1 Å². The van der Waals surface area contributed by atoms with E-state index < -0.39 is 0 Å². The van der Waals surface area contributed by atoms with E-state index in [0.717, 1.165) is 22.4 Å². The minimum absolute atomic E-state index is 0.112. The van der Waals surface area contributed by atoms with Crippen molar-refractivity contribution < 1.29 is 4.79 Å². The first-order chi connectivity index (χ1) is 12.4. The Morgan fingerprint density at radius 3 is 2.23 bits per heavy atom. The number of rotatable bonds is 5. The van der Waals surface area contributed by atoms with Gasteiger partial charge in [-0.1, -0.05) is 59.3 Å². The Balaban J connectivity index is 1.69. The molecule has 2 aromatic carbocycles. The highest BCUT2D eigenvalue weighted by atomic mass is 32.2. The molecule has 0 unspecified atom stereocenters. The number of carbonyl (C=O) groups is 1. The summed E-state index contributed by atoms with van der Waals surface area (Å²) in [5.74, 6) is 6.59. The molecule has 0 bridgehead atoms. The van der Waals surface area contributed by atoms with Gasteiger partial charge in [0.25, 0.3) is 0 Å². The topological polar surface area (TPSA) is 85.8 Å². The number of nitrogens with two attached hydrogens (primary N) is 1. The van der Waals surface area contributed by atoms with Crippen molar-refractivity contribution in [1.29, 1.82) is 0 Å². The Labute approximate surface area is 156 Å². The Kier molecular flexibility index (Phi) is 5.27. The van der Waals surface area contributed by atoms with E-state index in [9.17, 15) is 4.79 Å². The predicted octanol–water partition coefficient (Wildman–Crippen LogP) is 3.40. The first-order valence-corrected chi connectivity index (χ1v) is 9.13. The van der Waals surface area contributed by atoms with Crippen LogP contribution in [0.3, 0.4) is 0 Å². The van der Waals surface area contributed by atoms with E-state index in [4.69, 9.17) is 5.84 Å². The Morgan fingerprint density at radius 1 is 1.04 bits per heavy atom. The number of hydrogen-bond donors (Lipinski definition) is 2. The fourth-order valence-corrected chi connectivity index (χ4v) is 3.12. The van der Waals surface area contributed by atoms with Gasteiger partial charge < -0.3 is 11.2 Å². The average molecular weight is 367 g/mol. The molecule has 3 N–H and O–H groups in total. The maximum absolute atomic E-state index is 12.4. The number of carbonyl (C=O) groups excluding carboxylic acids is 1. The molecule has 26 heavy (non-hydrogen) atoms. The van der Waals surface area contributed by atoms with Crippen molar-refractivity contribution in [3.63, 3.8) is 0 Å². The lowest BCUT2D eigenvalue weighted by atomic mass is 10.1. The first-order valence-electron chi connectivity index (χ1n) is 8.26. The molecule has 0 aliphatic heterocycles. The fraction of sp³-hybridized carbons (Fsp3) is 0.211. The smallest absolute Gasteiger partial charge is 0.237 e. The van der Waals surface area contributed by atoms with Crippen LogP contribution in [-0.4, -0.2) is 26.0 Å². The van der Waals surface area contributed by atoms with E-state index in [1.165, 1.54) is 16.4 Å². The van der Waals surface area contributed by atoms with E-state index in [1.54, 1.807) is 0 Å². The van der Waals surface area contributed by atoms with Crippen LogP contribution in [-0.2, 0) is 4.79 Å². The maximum atomic E-state index is 12.4. The van der Waals surface area contributed by atoms with Gasteiger partial charge in [-0.2, -0.15) is 0 Å². The number of thioether (sulfide) groups is 1. The lowest BCUT2D eigenvalue weighted by Crippen LogP contribution is -2.23. The van der Waals surface area contributed by atoms with Crippen molar-refractivity contribution >= 4 is 23.4 Å². The third-order valence-electron chi connectivity index (χ3n) is 3.94. The van der Waals surface area contributed by atoms with Crippen LogP contribution < -0.4 is 11.2 Å². The van der Waals surface area contributed by atoms with Crippen molar-refractivity contribution in [1.82, 2.24) is 14.9 Å². The van der Waals surface area contributed by atoms with Gasteiger partial charge >= 0.3 is 0 Å². The zero-order valence-electron chi connectivity index (χ0n) is 14.9. The second-order valence-electron chi connectivity index (χ2n) is 6.16. The summed E-state index contributed by atoms with van der Waals surface area (Å²) < 4.78 is 1.42. The number of nitrogens with one attached hydrogen (secondary N) is 1. The van der Waals surface area contributed by atoms with Crippen molar-refractivity contribution in [2.24, 2.45) is 0 Å². The van der Waals surface area contributed by atoms with Crippen LogP contribution >= 0.6 is 11.8 Å². The Morgan fingerprint density at radius 2 is 1.62 bits per heavy atom. The van der Waals surface area contributed by atoms with Gasteiger partial charge in [0.1, 0.15) is 0 Å². The number of aryl methyl sites for hydroxylation is 2. The number of nitrogen functional groups attached to an aromatic ring is 1. The van der Waals surface area contributed by atoms with Gasteiger partial charge in [-0.3, -0.25) is 4.79 Å². The van der Waals surface area contributed by atoms with E-state index in [-0.39, 0.29) is 11.2 Å². The van der Waals surface area contributed by atoms with E-state index in [2.05, 4.69) is 15.5 Å². The molecule has 6 nitrogen and oxygen atoms in total. The summed E-state index contributed by atoms with van der Waals surface area (Å²) in [6, 6.07) is 15.6. The molecule has 1 amide bonds. The molecule has 134 valence electrons. The summed E-state index contributed by atoms with van der Waals surface area (Å²) in [4.78, 5) is 12.4. The van der Waals surface area contributed by atoms with E-state index >= 15 is 0 Å². The van der Waals surface area contributed by atoms with Crippen LogP contribution in [0.4, 0.5) is 5.69 Å². The molecular weight excluding hydrogens is 346 g/mol. The molecule has 1 atom stereocenters. The third kappa shape index (κ3) is 4.05. The maximum Gasteiger partial charge on any atom is 0.237 e. The lowest BCUT2D eigenvalue weighted by Gasteiger charge is -2.11. The van der Waals surface area contributed by atoms with Crippen LogP contribution in [0.2, 0.25) is 0 Å². The predicted molar refractivity (Wildman–Crippen MR) is 105 cm³/mol. The largest absolute Gasteiger partial charge is 0.335 e. The van der Waals surface area contributed by atoms with Crippen molar-refractivity contribution in [3.05, 3.63) is 59.7 Å². The van der Waals surface area contributed by atoms with Crippen molar-refractivity contribution in [2.45, 2.75) is 31.2 Å². The fourth-order valence-electron chi connectivity index (χ4n) is 2.35. The SMILES string of the molecule is Cc1ccc(NC(=O)[C@H](C)Sc2nnc(-c3ccc(C)cc3)n2N)cc1. The molecule has 1 heterocycles. The summed E-state index contributed by atoms with van der Waals surface area (Å²) in [5, 5.41) is 11.3. The van der Waals surface area contributed by atoms with Gasteiger partial charge in [-0.05, 0) is 32.9 Å². The second-order valence-corrected chi connectivity index (χ2v) is 7.47. The van der Waals surface area contributed by atoms with Gasteiger partial charge in [0.2, 0.25) is 11.1 Å². The average Bonchev–Trinajstić information content (AvgIpc) is 2.98. The zero-order valence-corrected chi connectivity index (χ0v) is 15.7. The number of hydrogen-bond acceptors (Lipinski definition) is 5. The number of amides is 1. The van der Waals surface area contributed by atoms with Gasteiger partial charge in [0, 0.05) is 11.3 Å². The van der Waals surface area contributed by atoms with Gasteiger partial charge in [-0.15, -0.1) is 10.2 Å². The molecule has 0 saturated heterocycles. The van der Waals surface area contributed by atoms with E-state index in [0.29, 0.717) is 11.0 Å². The Hall–Kier alpha value is -2.80. The summed E-state index contributed by atoms with van der Waals surface area (Å²) >= 11 is 1.27. The van der Waals surface area contributed by atoms with Crippen molar-refractivity contribution in [2.75, 3.05) is 11.2 Å². The third-order valence-corrected chi connectivity index (χ3v) is 5.00. The first kappa shape index (κ1) is 18.0. The summed E-state index contributed by atoms with van der Waals surface area (Å²) in [6.07, 6.45) is 0. The van der Waals surface area contributed by atoms with Crippen LogP contribution in [0.5, 0.6) is 0 Å².